The van der Waals surface area contributed by atoms with E-state index in [0.29, 0.717) is 28.0 Å². The number of nitrogens with one attached hydrogen (secondary N) is 1. The van der Waals surface area contributed by atoms with Crippen LogP contribution >= 0.6 is 0 Å². The number of nitrogens with zero attached hydrogens (tertiary/aromatic N) is 2. The van der Waals surface area contributed by atoms with E-state index in [2.05, 4.69) is 14.8 Å². The Morgan fingerprint density at radius 3 is 2.74 bits per heavy atom. The fraction of sp³-hybridized carbons (Fsp3) is 0.176. The molecule has 2 aromatic carbocycles. The molecule has 2 atom stereocenters. The van der Waals surface area contributed by atoms with E-state index in [1.807, 2.05) is 0 Å². The zero-order valence-electron chi connectivity index (χ0n) is 12.4. The maximum absolute atomic E-state index is 14.1. The van der Waals surface area contributed by atoms with E-state index < -0.39 is 18.0 Å². The highest BCUT2D eigenvalue weighted by atomic mass is 19.1. The number of hydrogen-bond donors (Lipinski definition) is 3. The Hall–Kier alpha value is -2.75. The smallest absolute Gasteiger partial charge is 0.190 e. The number of imidazole rings is 1. The molecule has 6 heteroatoms. The molecule has 116 valence electrons. The van der Waals surface area contributed by atoms with Gasteiger partial charge in [-0.25, -0.2) is 14.2 Å². The van der Waals surface area contributed by atoms with Crippen molar-refractivity contribution in [1.82, 2.24) is 9.97 Å². The van der Waals surface area contributed by atoms with Crippen LogP contribution in [-0.4, -0.2) is 21.2 Å². The minimum Gasteiger partial charge on any atom is -0.391 e. The van der Waals surface area contributed by atoms with E-state index in [1.54, 1.807) is 37.3 Å². The summed E-state index contributed by atoms with van der Waals surface area (Å²) in [6.45, 7) is 8.51. The minimum atomic E-state index is -0.728. The Morgan fingerprint density at radius 1 is 1.30 bits per heavy atom. The Bertz CT molecular complexity index is 911. The molecule has 0 amide bonds. The summed E-state index contributed by atoms with van der Waals surface area (Å²) in [7, 11) is 0. The number of H-pyrrole nitrogens is 1. The second-order valence-electron chi connectivity index (χ2n) is 5.40. The largest absolute Gasteiger partial charge is 0.391 e. The third-order valence-corrected chi connectivity index (χ3v) is 3.73. The van der Waals surface area contributed by atoms with Gasteiger partial charge in [0.05, 0.1) is 29.8 Å². The Morgan fingerprint density at radius 2 is 2.09 bits per heavy atom. The van der Waals surface area contributed by atoms with E-state index in [9.17, 15) is 9.50 Å². The van der Waals surface area contributed by atoms with Crippen LogP contribution in [0.15, 0.2) is 36.4 Å². The van der Waals surface area contributed by atoms with E-state index in [-0.39, 0.29) is 5.69 Å². The summed E-state index contributed by atoms with van der Waals surface area (Å²) < 4.78 is 14.1. The van der Waals surface area contributed by atoms with E-state index in [0.717, 1.165) is 0 Å². The lowest BCUT2D eigenvalue weighted by atomic mass is 10.0. The van der Waals surface area contributed by atoms with Gasteiger partial charge in [-0.3, -0.25) is 0 Å². The number of fused-ring (bicyclic) bond motifs is 1. The average Bonchev–Trinajstić information content (AvgIpc) is 2.96. The molecule has 3 rings (SSSR count). The standard InChI is InChI=1S/C17H15FN4O/c1-9(23)16(19)17-21-14-6-3-10(7-15(14)22-17)12-5-4-11(20-2)8-13(12)18/h3-9,16,23H,19H2,1H3,(H,21,22)/t9-,16+/m1/s1. The van der Waals surface area contributed by atoms with Crippen LogP contribution in [0.2, 0.25) is 0 Å². The van der Waals surface area contributed by atoms with Crippen molar-refractivity contribution in [3.63, 3.8) is 0 Å². The zero-order valence-corrected chi connectivity index (χ0v) is 12.4. The minimum absolute atomic E-state index is 0.263. The lowest BCUT2D eigenvalue weighted by molar-refractivity contribution is 0.161. The predicted molar refractivity (Wildman–Crippen MR) is 86.4 cm³/mol. The van der Waals surface area contributed by atoms with Gasteiger partial charge in [-0.1, -0.05) is 18.2 Å². The second kappa shape index (κ2) is 5.80. The van der Waals surface area contributed by atoms with E-state index in [4.69, 9.17) is 12.3 Å². The molecule has 5 nitrogen and oxygen atoms in total. The fourth-order valence-corrected chi connectivity index (χ4v) is 2.39. The van der Waals surface area contributed by atoms with Crippen molar-refractivity contribution in [2.75, 3.05) is 0 Å². The number of hydrogen-bond acceptors (Lipinski definition) is 3. The van der Waals surface area contributed by atoms with Crippen LogP contribution in [0.5, 0.6) is 0 Å². The number of aliphatic hydroxyl groups excluding tert-OH is 1. The van der Waals surface area contributed by atoms with Gasteiger partial charge in [0.2, 0.25) is 0 Å². The summed E-state index contributed by atoms with van der Waals surface area (Å²) >= 11 is 0. The Kier molecular flexibility index (Phi) is 3.82. The summed E-state index contributed by atoms with van der Waals surface area (Å²) in [5.41, 5.74) is 8.63. The first kappa shape index (κ1) is 15.2. The van der Waals surface area contributed by atoms with Gasteiger partial charge in [-0.15, -0.1) is 0 Å². The number of aliphatic hydroxyl groups is 1. The van der Waals surface area contributed by atoms with Crippen molar-refractivity contribution in [3.8, 4) is 11.1 Å². The molecule has 0 fully saturated rings. The van der Waals surface area contributed by atoms with Gasteiger partial charge in [-0.2, -0.15) is 0 Å². The molecule has 0 aliphatic heterocycles. The molecule has 3 aromatic rings. The molecule has 4 N–H and O–H groups in total. The Labute approximate surface area is 132 Å². The first-order chi connectivity index (χ1) is 11.0. The average molecular weight is 310 g/mol. The van der Waals surface area contributed by atoms with Crippen molar-refractivity contribution < 1.29 is 9.50 Å². The molecule has 0 saturated carbocycles. The van der Waals surface area contributed by atoms with Crippen molar-refractivity contribution in [3.05, 3.63) is 59.5 Å². The molecule has 0 spiro atoms. The zero-order chi connectivity index (χ0) is 16.6. The van der Waals surface area contributed by atoms with E-state index >= 15 is 0 Å². The van der Waals surface area contributed by atoms with Crippen LogP contribution in [0.25, 0.3) is 27.0 Å². The summed E-state index contributed by atoms with van der Waals surface area (Å²) in [4.78, 5) is 10.6. The lowest BCUT2D eigenvalue weighted by Gasteiger charge is -2.10. The monoisotopic (exact) mass is 310 g/mol. The normalized spacial score (nSPS) is 13.7. The SMILES string of the molecule is [C-]#[N+]c1ccc(-c2ccc3nc([C@@H](N)[C@@H](C)O)[nH]c3c2)c(F)c1. The number of nitrogens with two attached hydrogens (primary N) is 1. The maximum Gasteiger partial charge on any atom is 0.190 e. The van der Waals surface area contributed by atoms with Crippen LogP contribution in [0, 0.1) is 12.4 Å². The van der Waals surface area contributed by atoms with Gasteiger partial charge >= 0.3 is 0 Å². The summed E-state index contributed by atoms with van der Waals surface area (Å²) in [5.74, 6) is 0.0363. The lowest BCUT2D eigenvalue weighted by Crippen LogP contribution is -2.24. The molecule has 0 aliphatic rings. The second-order valence-corrected chi connectivity index (χ2v) is 5.40. The third-order valence-electron chi connectivity index (χ3n) is 3.73. The summed E-state index contributed by atoms with van der Waals surface area (Å²) in [5, 5.41) is 9.56. The number of benzene rings is 2. The van der Waals surface area contributed by atoms with E-state index in [1.165, 1.54) is 6.07 Å². The molecule has 0 radical (unpaired) electrons. The quantitative estimate of drug-likeness (QED) is 0.649. The number of aromatic amines is 1. The topological polar surface area (TPSA) is 79.3 Å². The molecule has 0 aliphatic carbocycles. The summed E-state index contributed by atoms with van der Waals surface area (Å²) in [6.07, 6.45) is -0.728. The van der Waals surface area contributed by atoms with Crippen molar-refractivity contribution in [2.45, 2.75) is 19.1 Å². The molecule has 1 heterocycles. The maximum atomic E-state index is 14.1. The first-order valence-electron chi connectivity index (χ1n) is 7.10. The van der Waals surface area contributed by atoms with Crippen molar-refractivity contribution in [1.29, 1.82) is 0 Å². The molecule has 0 unspecified atom stereocenters. The molecule has 0 saturated heterocycles. The summed E-state index contributed by atoms with van der Waals surface area (Å²) in [6, 6.07) is 9.07. The molecule has 23 heavy (non-hydrogen) atoms. The predicted octanol–water partition coefficient (Wildman–Crippen LogP) is 3.30. The van der Waals surface area contributed by atoms with Gasteiger partial charge in [0.25, 0.3) is 0 Å². The number of aromatic nitrogens is 2. The van der Waals surface area contributed by atoms with Gasteiger partial charge in [0.1, 0.15) is 11.6 Å². The number of halogens is 1. The highest BCUT2D eigenvalue weighted by molar-refractivity contribution is 5.82. The van der Waals surface area contributed by atoms with Crippen LogP contribution in [-0.2, 0) is 0 Å². The van der Waals surface area contributed by atoms with Crippen LogP contribution in [0.4, 0.5) is 10.1 Å². The Balaban J connectivity index is 2.05. The molecule has 0 bridgehead atoms. The van der Waals surface area contributed by atoms with Gasteiger partial charge in [-0.05, 0) is 30.7 Å². The van der Waals surface area contributed by atoms with Gasteiger partial charge in [0.15, 0.2) is 5.69 Å². The van der Waals surface area contributed by atoms with Gasteiger partial charge in [0, 0.05) is 5.56 Å². The third kappa shape index (κ3) is 2.80. The van der Waals surface area contributed by atoms with Crippen LogP contribution in [0.3, 0.4) is 0 Å². The molecule has 1 aromatic heterocycles. The highest BCUT2D eigenvalue weighted by Crippen LogP contribution is 2.29. The van der Waals surface area contributed by atoms with Crippen molar-refractivity contribution in [2.24, 2.45) is 5.73 Å². The number of rotatable bonds is 3. The van der Waals surface area contributed by atoms with Crippen LogP contribution in [0.1, 0.15) is 18.8 Å². The molecular weight excluding hydrogens is 295 g/mol. The van der Waals surface area contributed by atoms with Crippen molar-refractivity contribution >= 4 is 16.7 Å². The molecular formula is C17H15FN4O. The van der Waals surface area contributed by atoms with Crippen LogP contribution < -0.4 is 5.73 Å². The highest BCUT2D eigenvalue weighted by Gasteiger charge is 2.16. The van der Waals surface area contributed by atoms with Gasteiger partial charge < -0.3 is 15.8 Å². The fourth-order valence-electron chi connectivity index (χ4n) is 2.39. The first-order valence-corrected chi connectivity index (χ1v) is 7.10.